The van der Waals surface area contributed by atoms with Crippen molar-refractivity contribution in [2.24, 2.45) is 5.41 Å². The van der Waals surface area contributed by atoms with Crippen LogP contribution in [0.1, 0.15) is 34.1 Å². The van der Waals surface area contributed by atoms with Gasteiger partial charge in [0.1, 0.15) is 0 Å². The largest absolute Gasteiger partial charge is 0.450 e. The zero-order valence-electron chi connectivity index (χ0n) is 10.4. The summed E-state index contributed by atoms with van der Waals surface area (Å²) in [5, 5.41) is 9.00. The van der Waals surface area contributed by atoms with E-state index >= 15 is 0 Å². The summed E-state index contributed by atoms with van der Waals surface area (Å²) in [6.07, 6.45) is -1.76. The number of alkyl halides is 2. The Kier molecular flexibility index (Phi) is 3.51. The molecule has 0 aromatic carbocycles. The topological polar surface area (TPSA) is 55.8 Å². The van der Waals surface area contributed by atoms with Gasteiger partial charge >= 0.3 is 11.9 Å². The summed E-state index contributed by atoms with van der Waals surface area (Å²) >= 11 is 0. The Morgan fingerprint density at radius 1 is 1.59 bits per heavy atom. The molecular weight excluding hydrogens is 234 g/mol. The van der Waals surface area contributed by atoms with Gasteiger partial charge in [0, 0.05) is 0 Å². The molecule has 4 nitrogen and oxygen atoms in total. The van der Waals surface area contributed by atoms with E-state index in [9.17, 15) is 13.6 Å². The summed E-state index contributed by atoms with van der Waals surface area (Å²) in [4.78, 5) is 11.8. The third-order valence-corrected chi connectivity index (χ3v) is 3.29. The van der Waals surface area contributed by atoms with Crippen LogP contribution >= 0.6 is 0 Å². The zero-order chi connectivity index (χ0) is 13.5. The number of rotatable bonds is 3. The Balaban J connectivity index is 2.85. The molecule has 0 aromatic rings. The number of aliphatic hydroxyl groups is 1. The molecule has 100 valence electrons. The molecule has 0 spiro atoms. The molecule has 0 aromatic heterocycles. The molecule has 1 N–H and O–H groups in total. The molecule has 0 aliphatic carbocycles. The summed E-state index contributed by atoms with van der Waals surface area (Å²) in [6.45, 7) is 5.54. The lowest BCUT2D eigenvalue weighted by molar-refractivity contribution is -0.231. The Morgan fingerprint density at radius 3 is 2.47 bits per heavy atom. The van der Waals surface area contributed by atoms with Gasteiger partial charge < -0.3 is 14.6 Å². The highest BCUT2D eigenvalue weighted by Gasteiger charge is 2.65. The smallest absolute Gasteiger partial charge is 0.338 e. The lowest BCUT2D eigenvalue weighted by Crippen LogP contribution is -2.52. The summed E-state index contributed by atoms with van der Waals surface area (Å²) in [5.41, 5.74) is -2.96. The fourth-order valence-corrected chi connectivity index (χ4v) is 1.28. The standard InChI is InChI=1S/C11H18F2O4/c1-5-9(2,3)7(14)17-10(4)6-16-8(15)11(10,12)13/h8,15H,5-6H2,1-4H3. The Morgan fingerprint density at radius 2 is 2.12 bits per heavy atom. The normalized spacial score (nSPS) is 32.5. The summed E-state index contributed by atoms with van der Waals surface area (Å²) < 4.78 is 36.5. The molecule has 6 heteroatoms. The van der Waals surface area contributed by atoms with Crippen LogP contribution in [-0.4, -0.2) is 35.5 Å². The van der Waals surface area contributed by atoms with Gasteiger partial charge in [0.2, 0.25) is 11.9 Å². The Bertz CT molecular complexity index is 317. The maximum atomic E-state index is 13.6. The fraction of sp³-hybridized carbons (Fsp3) is 0.909. The molecule has 0 amide bonds. The van der Waals surface area contributed by atoms with Gasteiger partial charge in [-0.15, -0.1) is 0 Å². The number of carbonyl (C=O) groups is 1. The highest BCUT2D eigenvalue weighted by molar-refractivity contribution is 5.76. The molecule has 2 unspecified atom stereocenters. The average Bonchev–Trinajstić information content (AvgIpc) is 2.42. The van der Waals surface area contributed by atoms with E-state index in [1.54, 1.807) is 20.8 Å². The predicted octanol–water partition coefficient (Wildman–Crippen LogP) is 1.71. The van der Waals surface area contributed by atoms with Gasteiger partial charge in [-0.3, -0.25) is 4.79 Å². The zero-order valence-corrected chi connectivity index (χ0v) is 10.4. The number of halogens is 2. The number of ether oxygens (including phenoxy) is 2. The van der Waals surface area contributed by atoms with Gasteiger partial charge in [-0.25, -0.2) is 0 Å². The van der Waals surface area contributed by atoms with Crippen LogP contribution in [-0.2, 0) is 14.3 Å². The second kappa shape index (κ2) is 4.17. The van der Waals surface area contributed by atoms with Crippen molar-refractivity contribution in [1.29, 1.82) is 0 Å². The molecule has 1 rings (SSSR count). The summed E-state index contributed by atoms with van der Waals surface area (Å²) in [7, 11) is 0. The van der Waals surface area contributed by atoms with E-state index in [0.717, 1.165) is 6.92 Å². The maximum absolute atomic E-state index is 13.6. The molecule has 0 saturated carbocycles. The lowest BCUT2D eigenvalue weighted by Gasteiger charge is -2.33. The van der Waals surface area contributed by atoms with Crippen molar-refractivity contribution in [2.45, 2.75) is 51.9 Å². The molecule has 17 heavy (non-hydrogen) atoms. The maximum Gasteiger partial charge on any atom is 0.338 e. The highest BCUT2D eigenvalue weighted by atomic mass is 19.3. The van der Waals surface area contributed by atoms with Gasteiger partial charge in [0.15, 0.2) is 0 Å². The third-order valence-electron chi connectivity index (χ3n) is 3.29. The monoisotopic (exact) mass is 252 g/mol. The van der Waals surface area contributed by atoms with Crippen molar-refractivity contribution < 1.29 is 28.2 Å². The second-order valence-corrected chi connectivity index (χ2v) is 5.14. The lowest BCUT2D eigenvalue weighted by atomic mass is 9.90. The summed E-state index contributed by atoms with van der Waals surface area (Å²) in [6, 6.07) is 0. The highest BCUT2D eigenvalue weighted by Crippen LogP contribution is 2.42. The van der Waals surface area contributed by atoms with Gasteiger partial charge in [0.05, 0.1) is 12.0 Å². The van der Waals surface area contributed by atoms with Gasteiger partial charge in [0.25, 0.3) is 0 Å². The Labute approximate surface area is 98.9 Å². The fourth-order valence-electron chi connectivity index (χ4n) is 1.28. The van der Waals surface area contributed by atoms with E-state index in [1.165, 1.54) is 0 Å². The van der Waals surface area contributed by atoms with E-state index in [0.29, 0.717) is 6.42 Å². The number of esters is 1. The first-order valence-corrected chi connectivity index (χ1v) is 5.48. The minimum atomic E-state index is -3.60. The number of hydrogen-bond donors (Lipinski definition) is 1. The second-order valence-electron chi connectivity index (χ2n) is 5.14. The van der Waals surface area contributed by atoms with Crippen molar-refractivity contribution in [3.63, 3.8) is 0 Å². The molecule has 1 fully saturated rings. The first-order chi connectivity index (χ1) is 7.57. The predicted molar refractivity (Wildman–Crippen MR) is 55.5 cm³/mol. The average molecular weight is 252 g/mol. The van der Waals surface area contributed by atoms with Crippen LogP contribution in [0.2, 0.25) is 0 Å². The van der Waals surface area contributed by atoms with Crippen molar-refractivity contribution in [2.75, 3.05) is 6.61 Å². The minimum Gasteiger partial charge on any atom is -0.450 e. The molecule has 1 heterocycles. The van der Waals surface area contributed by atoms with E-state index in [-0.39, 0.29) is 0 Å². The Hall–Kier alpha value is -0.750. The van der Waals surface area contributed by atoms with Gasteiger partial charge in [-0.1, -0.05) is 6.92 Å². The van der Waals surface area contributed by atoms with E-state index in [2.05, 4.69) is 4.74 Å². The van der Waals surface area contributed by atoms with Gasteiger partial charge in [-0.05, 0) is 27.2 Å². The van der Waals surface area contributed by atoms with Crippen LogP contribution in [0.4, 0.5) is 8.78 Å². The molecular formula is C11H18F2O4. The quantitative estimate of drug-likeness (QED) is 0.777. The van der Waals surface area contributed by atoms with Crippen LogP contribution in [0.25, 0.3) is 0 Å². The van der Waals surface area contributed by atoms with E-state index in [4.69, 9.17) is 9.84 Å². The summed E-state index contributed by atoms with van der Waals surface area (Å²) in [5.74, 6) is -4.33. The van der Waals surface area contributed by atoms with E-state index in [1.807, 2.05) is 0 Å². The molecule has 1 aliphatic rings. The molecule has 0 bridgehead atoms. The minimum absolute atomic E-state index is 0.469. The third kappa shape index (κ3) is 2.28. The number of hydrogen-bond acceptors (Lipinski definition) is 4. The van der Waals surface area contributed by atoms with Crippen molar-refractivity contribution in [3.05, 3.63) is 0 Å². The van der Waals surface area contributed by atoms with Crippen LogP contribution in [0, 0.1) is 5.41 Å². The van der Waals surface area contributed by atoms with Crippen LogP contribution in [0.5, 0.6) is 0 Å². The van der Waals surface area contributed by atoms with Gasteiger partial charge in [-0.2, -0.15) is 8.78 Å². The van der Waals surface area contributed by atoms with Crippen molar-refractivity contribution in [1.82, 2.24) is 0 Å². The first-order valence-electron chi connectivity index (χ1n) is 5.48. The molecule has 1 aliphatic heterocycles. The molecule has 0 radical (unpaired) electrons. The molecule has 2 atom stereocenters. The van der Waals surface area contributed by atoms with E-state index < -0.39 is 35.8 Å². The number of aliphatic hydroxyl groups excluding tert-OH is 1. The molecule has 1 saturated heterocycles. The SMILES string of the molecule is CCC(C)(C)C(=O)OC1(C)COC(O)C1(F)F. The van der Waals surface area contributed by atoms with Crippen molar-refractivity contribution >= 4 is 5.97 Å². The number of carbonyl (C=O) groups excluding carboxylic acids is 1. The van der Waals surface area contributed by atoms with Crippen LogP contribution in [0.3, 0.4) is 0 Å². The van der Waals surface area contributed by atoms with Crippen LogP contribution in [0.15, 0.2) is 0 Å². The first kappa shape index (κ1) is 14.3. The van der Waals surface area contributed by atoms with Crippen LogP contribution < -0.4 is 0 Å². The van der Waals surface area contributed by atoms with Crippen molar-refractivity contribution in [3.8, 4) is 0 Å².